The molecule has 0 aliphatic carbocycles. The zero-order chi connectivity index (χ0) is 21.0. The Balaban J connectivity index is 1.80. The molecule has 0 spiro atoms. The first kappa shape index (κ1) is 21.3. The minimum atomic E-state index is -3.98. The van der Waals surface area contributed by atoms with Crippen LogP contribution in [0.3, 0.4) is 0 Å². The summed E-state index contributed by atoms with van der Waals surface area (Å²) < 4.78 is 45.3. The van der Waals surface area contributed by atoms with Gasteiger partial charge in [0.05, 0.1) is 18.7 Å². The van der Waals surface area contributed by atoms with Crippen LogP contribution in [0, 0.1) is 11.7 Å². The Morgan fingerprint density at radius 2 is 1.86 bits per heavy atom. The maximum atomic E-state index is 13.3. The summed E-state index contributed by atoms with van der Waals surface area (Å²) in [6, 6.07) is 8.04. The lowest BCUT2D eigenvalue weighted by Crippen LogP contribution is -2.46. The molecule has 2 aromatic rings. The van der Waals surface area contributed by atoms with E-state index in [4.69, 9.17) is 4.74 Å². The first-order valence-corrected chi connectivity index (χ1v) is 11.3. The van der Waals surface area contributed by atoms with Crippen LogP contribution in [0.4, 0.5) is 10.1 Å². The number of hydrogen-bond acceptors (Lipinski definition) is 6. The Kier molecular flexibility index (Phi) is 6.53. The van der Waals surface area contributed by atoms with Crippen molar-refractivity contribution in [1.29, 1.82) is 0 Å². The van der Waals surface area contributed by atoms with Gasteiger partial charge in [0, 0.05) is 13.1 Å². The van der Waals surface area contributed by atoms with E-state index in [9.17, 15) is 22.4 Å². The second-order valence-corrected chi connectivity index (χ2v) is 9.64. The van der Waals surface area contributed by atoms with Gasteiger partial charge in [0.25, 0.3) is 10.0 Å². The van der Waals surface area contributed by atoms with Gasteiger partial charge in [0.15, 0.2) is 0 Å². The summed E-state index contributed by atoms with van der Waals surface area (Å²) in [5, 5.41) is 1.63. The minimum Gasteiger partial charge on any atom is -0.469 e. The quantitative estimate of drug-likeness (QED) is 0.645. The van der Waals surface area contributed by atoms with E-state index < -0.39 is 22.4 Å². The molecule has 1 saturated heterocycles. The molecule has 1 aliphatic rings. The van der Waals surface area contributed by atoms with E-state index in [1.54, 1.807) is 16.3 Å². The number of likely N-dealkylation sites (tertiary alicyclic amines) is 1. The highest BCUT2D eigenvalue weighted by Crippen LogP contribution is 2.27. The van der Waals surface area contributed by atoms with Crippen LogP contribution >= 0.6 is 11.3 Å². The molecule has 0 radical (unpaired) electrons. The van der Waals surface area contributed by atoms with Crippen LogP contribution in [0.1, 0.15) is 12.8 Å². The topological polar surface area (TPSA) is 84.0 Å². The highest BCUT2D eigenvalue weighted by Gasteiger charge is 2.32. The number of halogens is 1. The molecular formula is C19H21FN2O5S2. The highest BCUT2D eigenvalue weighted by atomic mass is 32.2. The third-order valence-electron chi connectivity index (χ3n) is 4.82. The molecular weight excluding hydrogens is 419 g/mol. The van der Waals surface area contributed by atoms with Gasteiger partial charge in [-0.1, -0.05) is 6.07 Å². The summed E-state index contributed by atoms with van der Waals surface area (Å²) >= 11 is 1.04. The normalized spacial score (nSPS) is 15.2. The number of anilines is 1. The van der Waals surface area contributed by atoms with Crippen molar-refractivity contribution in [3.05, 3.63) is 47.6 Å². The highest BCUT2D eigenvalue weighted by molar-refractivity contribution is 7.94. The number of hydrogen-bond donors (Lipinski definition) is 0. The molecule has 0 unspecified atom stereocenters. The first-order chi connectivity index (χ1) is 13.8. The maximum absolute atomic E-state index is 13.3. The fraction of sp³-hybridized carbons (Fsp3) is 0.368. The molecule has 7 nitrogen and oxygen atoms in total. The zero-order valence-corrected chi connectivity index (χ0v) is 17.4. The summed E-state index contributed by atoms with van der Waals surface area (Å²) in [4.78, 5) is 26.0. The number of rotatable bonds is 6. The van der Waals surface area contributed by atoms with Crippen molar-refractivity contribution >= 4 is 38.9 Å². The number of thiophene rings is 1. The lowest BCUT2D eigenvalue weighted by Gasteiger charge is -2.32. The number of ether oxygens (including phenoxy) is 1. The lowest BCUT2D eigenvalue weighted by atomic mass is 9.97. The number of benzene rings is 1. The van der Waals surface area contributed by atoms with E-state index in [2.05, 4.69) is 0 Å². The Hall–Kier alpha value is -2.46. The first-order valence-electron chi connectivity index (χ1n) is 9.00. The fourth-order valence-electron chi connectivity index (χ4n) is 3.20. The molecule has 1 aliphatic heterocycles. The molecule has 0 atom stereocenters. The Morgan fingerprint density at radius 1 is 1.21 bits per heavy atom. The smallest absolute Gasteiger partial charge is 0.308 e. The maximum Gasteiger partial charge on any atom is 0.308 e. The third kappa shape index (κ3) is 4.76. The van der Waals surface area contributed by atoms with Crippen LogP contribution < -0.4 is 4.31 Å². The third-order valence-corrected chi connectivity index (χ3v) is 7.96. The standard InChI is InChI=1S/C19H21FN2O5S2/c1-27-19(24)14-8-10-21(11-9-14)17(23)13-22(16-6-4-15(20)5-7-16)29(25,26)18-3-2-12-28-18/h2-7,12,14H,8-11,13H2,1H3. The molecule has 0 N–H and O–H groups in total. The van der Waals surface area contributed by atoms with Crippen LogP contribution in [-0.4, -0.2) is 51.9 Å². The lowest BCUT2D eigenvalue weighted by molar-refractivity contribution is -0.148. The summed E-state index contributed by atoms with van der Waals surface area (Å²) in [5.41, 5.74) is 0.206. The van der Waals surface area contributed by atoms with Gasteiger partial charge in [0.1, 0.15) is 16.6 Å². The number of carbonyl (C=O) groups excluding carboxylic acids is 2. The van der Waals surface area contributed by atoms with Crippen LogP contribution in [-0.2, 0) is 24.3 Å². The van der Waals surface area contributed by atoms with Gasteiger partial charge in [-0.05, 0) is 48.6 Å². The minimum absolute atomic E-state index is 0.0963. The van der Waals surface area contributed by atoms with E-state index in [1.165, 1.54) is 25.3 Å². The molecule has 1 aromatic carbocycles. The second kappa shape index (κ2) is 8.91. The van der Waals surface area contributed by atoms with Crippen LogP contribution in [0.2, 0.25) is 0 Å². The van der Waals surface area contributed by atoms with Crippen molar-refractivity contribution in [3.63, 3.8) is 0 Å². The molecule has 1 fully saturated rings. The van der Waals surface area contributed by atoms with Crippen molar-refractivity contribution in [2.24, 2.45) is 5.92 Å². The van der Waals surface area contributed by atoms with Gasteiger partial charge in [-0.3, -0.25) is 13.9 Å². The van der Waals surface area contributed by atoms with Crippen molar-refractivity contribution in [3.8, 4) is 0 Å². The van der Waals surface area contributed by atoms with Crippen molar-refractivity contribution in [1.82, 2.24) is 4.90 Å². The molecule has 0 bridgehead atoms. The molecule has 2 heterocycles. The average Bonchev–Trinajstić information content (AvgIpc) is 3.28. The number of methoxy groups -OCH3 is 1. The number of nitrogens with zero attached hydrogens (tertiary/aromatic N) is 2. The number of piperidine rings is 1. The van der Waals surface area contributed by atoms with Gasteiger partial charge in [0.2, 0.25) is 5.91 Å². The van der Waals surface area contributed by atoms with Gasteiger partial charge in [-0.15, -0.1) is 11.3 Å². The van der Waals surface area contributed by atoms with Gasteiger partial charge in [-0.25, -0.2) is 12.8 Å². The Labute approximate surface area is 172 Å². The summed E-state index contributed by atoms with van der Waals surface area (Å²) in [7, 11) is -2.65. The summed E-state index contributed by atoms with van der Waals surface area (Å²) in [5.74, 6) is -1.44. The van der Waals surface area contributed by atoms with Crippen molar-refractivity contribution in [2.75, 3.05) is 31.0 Å². The Morgan fingerprint density at radius 3 is 2.41 bits per heavy atom. The predicted octanol–water partition coefficient (Wildman–Crippen LogP) is 2.49. The van der Waals surface area contributed by atoms with E-state index >= 15 is 0 Å². The van der Waals surface area contributed by atoms with Crippen LogP contribution in [0.5, 0.6) is 0 Å². The van der Waals surface area contributed by atoms with E-state index in [0.717, 1.165) is 27.8 Å². The van der Waals surface area contributed by atoms with Gasteiger partial charge < -0.3 is 9.64 Å². The monoisotopic (exact) mass is 440 g/mol. The largest absolute Gasteiger partial charge is 0.469 e. The number of sulfonamides is 1. The number of carbonyl (C=O) groups is 2. The summed E-state index contributed by atoms with van der Waals surface area (Å²) in [6.07, 6.45) is 0.930. The van der Waals surface area contributed by atoms with E-state index in [1.807, 2.05) is 0 Å². The molecule has 3 rings (SSSR count). The molecule has 0 saturated carbocycles. The molecule has 29 heavy (non-hydrogen) atoms. The number of esters is 1. The van der Waals surface area contributed by atoms with Gasteiger partial charge in [-0.2, -0.15) is 0 Å². The zero-order valence-electron chi connectivity index (χ0n) is 15.8. The second-order valence-electron chi connectivity index (χ2n) is 6.60. The van der Waals surface area contributed by atoms with Crippen LogP contribution in [0.15, 0.2) is 46.0 Å². The molecule has 10 heteroatoms. The van der Waals surface area contributed by atoms with Crippen molar-refractivity contribution < 1.29 is 27.1 Å². The van der Waals surface area contributed by atoms with E-state index in [0.29, 0.717) is 25.9 Å². The van der Waals surface area contributed by atoms with Crippen molar-refractivity contribution in [2.45, 2.75) is 17.1 Å². The van der Waals surface area contributed by atoms with Crippen LogP contribution in [0.25, 0.3) is 0 Å². The Bertz CT molecular complexity index is 953. The summed E-state index contributed by atoms with van der Waals surface area (Å²) in [6.45, 7) is 0.276. The van der Waals surface area contributed by atoms with Gasteiger partial charge >= 0.3 is 5.97 Å². The number of amides is 1. The van der Waals surface area contributed by atoms with E-state index in [-0.39, 0.29) is 27.7 Å². The molecule has 156 valence electrons. The SMILES string of the molecule is COC(=O)C1CCN(C(=O)CN(c2ccc(F)cc2)S(=O)(=O)c2cccs2)CC1. The average molecular weight is 441 g/mol. The molecule has 1 amide bonds. The predicted molar refractivity (Wildman–Crippen MR) is 107 cm³/mol. The fourth-order valence-corrected chi connectivity index (χ4v) is 5.71. The molecule has 1 aromatic heterocycles.